The number of hydrogen-bond acceptors (Lipinski definition) is 5. The van der Waals surface area contributed by atoms with E-state index in [1.807, 2.05) is 11.8 Å². The maximum Gasteiger partial charge on any atom is 0.332 e. The first-order valence-corrected chi connectivity index (χ1v) is 9.45. The van der Waals surface area contributed by atoms with Crippen molar-refractivity contribution in [3.05, 3.63) is 38.2 Å². The second-order valence-electron chi connectivity index (χ2n) is 7.21. The lowest BCUT2D eigenvalue weighted by atomic mass is 10.0. The molecule has 0 atom stereocenters. The van der Waals surface area contributed by atoms with Gasteiger partial charge in [-0.3, -0.25) is 18.7 Å². The number of aromatic nitrogens is 3. The number of hydrogen-bond donors (Lipinski definition) is 1. The van der Waals surface area contributed by atoms with Crippen LogP contribution in [0.3, 0.4) is 0 Å². The highest BCUT2D eigenvalue weighted by Crippen LogP contribution is 2.18. The molecule has 0 bridgehead atoms. The van der Waals surface area contributed by atoms with Gasteiger partial charge < -0.3 is 10.2 Å². The number of carbonyl (C=O) groups excluding carboxylic acids is 1. The van der Waals surface area contributed by atoms with Crippen molar-refractivity contribution in [2.45, 2.75) is 39.2 Å². The van der Waals surface area contributed by atoms with Gasteiger partial charge in [-0.1, -0.05) is 6.92 Å². The van der Waals surface area contributed by atoms with Crippen molar-refractivity contribution in [1.29, 1.82) is 0 Å². The molecule has 0 unspecified atom stereocenters. The summed E-state index contributed by atoms with van der Waals surface area (Å²) >= 11 is 0. The minimum atomic E-state index is -0.451. The number of pyridine rings is 1. The number of aryl methyl sites for hydroxylation is 2. The Balaban J connectivity index is 2.11. The Labute approximate surface area is 157 Å². The highest BCUT2D eigenvalue weighted by atomic mass is 16.2. The maximum atomic E-state index is 13.3. The van der Waals surface area contributed by atoms with Gasteiger partial charge >= 0.3 is 5.69 Å². The van der Waals surface area contributed by atoms with Gasteiger partial charge in [-0.15, -0.1) is 0 Å². The molecule has 1 aliphatic heterocycles. The first-order chi connectivity index (χ1) is 12.9. The first-order valence-electron chi connectivity index (χ1n) is 9.45. The minimum Gasteiger partial charge on any atom is -0.334 e. The summed E-state index contributed by atoms with van der Waals surface area (Å²) < 4.78 is 2.39. The highest BCUT2D eigenvalue weighted by molar-refractivity contribution is 5.95. The fourth-order valence-corrected chi connectivity index (χ4v) is 3.80. The molecule has 3 heterocycles. The standard InChI is InChI=1S/C19H27N5O3/c1-5-10-24(13-6-8-20-9-7-13)17(25)14-11-12(2)15-16(21-14)22(3)19(27)23(4)18(15)26/h11,13,20H,5-10H2,1-4H3. The molecule has 8 heteroatoms. The van der Waals surface area contributed by atoms with Gasteiger partial charge in [0.05, 0.1) is 5.39 Å². The highest BCUT2D eigenvalue weighted by Gasteiger charge is 2.27. The largest absolute Gasteiger partial charge is 0.334 e. The molecule has 2 aromatic rings. The van der Waals surface area contributed by atoms with Gasteiger partial charge in [0.1, 0.15) is 11.3 Å². The minimum absolute atomic E-state index is 0.137. The van der Waals surface area contributed by atoms with Crippen molar-refractivity contribution < 1.29 is 4.79 Å². The Morgan fingerprint density at radius 2 is 1.93 bits per heavy atom. The summed E-state index contributed by atoms with van der Waals surface area (Å²) in [6.07, 6.45) is 2.69. The lowest BCUT2D eigenvalue weighted by Crippen LogP contribution is -2.46. The molecule has 3 rings (SSSR count). The number of carbonyl (C=O) groups is 1. The zero-order valence-corrected chi connectivity index (χ0v) is 16.4. The lowest BCUT2D eigenvalue weighted by molar-refractivity contribution is 0.0637. The summed E-state index contributed by atoms with van der Waals surface area (Å²) in [5.74, 6) is -0.137. The number of fused-ring (bicyclic) bond motifs is 1. The van der Waals surface area contributed by atoms with Crippen LogP contribution in [0.1, 0.15) is 42.2 Å². The first kappa shape index (κ1) is 19.3. The van der Waals surface area contributed by atoms with Crippen LogP contribution in [0.25, 0.3) is 11.0 Å². The monoisotopic (exact) mass is 373 g/mol. The molecule has 1 N–H and O–H groups in total. The van der Waals surface area contributed by atoms with Crippen molar-refractivity contribution in [1.82, 2.24) is 24.3 Å². The van der Waals surface area contributed by atoms with Crippen LogP contribution in [0.15, 0.2) is 15.7 Å². The van der Waals surface area contributed by atoms with Crippen molar-refractivity contribution in [3.8, 4) is 0 Å². The zero-order valence-electron chi connectivity index (χ0n) is 16.4. The topological polar surface area (TPSA) is 89.2 Å². The van der Waals surface area contributed by atoms with E-state index in [9.17, 15) is 14.4 Å². The van der Waals surface area contributed by atoms with Gasteiger partial charge in [-0.05, 0) is 50.9 Å². The van der Waals surface area contributed by atoms with Gasteiger partial charge in [0.25, 0.3) is 11.5 Å². The van der Waals surface area contributed by atoms with Crippen molar-refractivity contribution in [2.75, 3.05) is 19.6 Å². The molecule has 0 saturated carbocycles. The van der Waals surface area contributed by atoms with Crippen LogP contribution in [0.2, 0.25) is 0 Å². The molecule has 1 amide bonds. The summed E-state index contributed by atoms with van der Waals surface area (Å²) in [7, 11) is 3.02. The summed E-state index contributed by atoms with van der Waals surface area (Å²) in [5, 5.41) is 3.70. The normalized spacial score (nSPS) is 15.3. The van der Waals surface area contributed by atoms with Gasteiger partial charge in [0.2, 0.25) is 0 Å². The predicted molar refractivity (Wildman–Crippen MR) is 104 cm³/mol. The lowest BCUT2D eigenvalue weighted by Gasteiger charge is -2.34. The van der Waals surface area contributed by atoms with E-state index in [2.05, 4.69) is 10.3 Å². The molecule has 1 saturated heterocycles. The predicted octanol–water partition coefficient (Wildman–Crippen LogP) is 0.545. The molecule has 2 aromatic heterocycles. The average Bonchev–Trinajstić information content (AvgIpc) is 2.68. The van der Waals surface area contributed by atoms with Crippen LogP contribution in [0.5, 0.6) is 0 Å². The number of nitrogens with one attached hydrogen (secondary N) is 1. The van der Waals surface area contributed by atoms with Crippen molar-refractivity contribution in [2.24, 2.45) is 14.1 Å². The molecule has 0 aromatic carbocycles. The van der Waals surface area contributed by atoms with Gasteiger partial charge in [0, 0.05) is 26.7 Å². The zero-order chi connectivity index (χ0) is 19.7. The van der Waals surface area contributed by atoms with E-state index in [1.165, 1.54) is 11.6 Å². The summed E-state index contributed by atoms with van der Waals surface area (Å²) in [6.45, 7) is 6.28. The maximum absolute atomic E-state index is 13.3. The molecule has 0 spiro atoms. The van der Waals surface area contributed by atoms with E-state index in [4.69, 9.17) is 0 Å². The Morgan fingerprint density at radius 1 is 1.26 bits per heavy atom. The number of piperidine rings is 1. The smallest absolute Gasteiger partial charge is 0.332 e. The number of nitrogens with zero attached hydrogens (tertiary/aromatic N) is 4. The van der Waals surface area contributed by atoms with E-state index in [0.717, 1.165) is 36.9 Å². The third-order valence-electron chi connectivity index (χ3n) is 5.30. The van der Waals surface area contributed by atoms with Crippen LogP contribution >= 0.6 is 0 Å². The van der Waals surface area contributed by atoms with E-state index < -0.39 is 5.69 Å². The number of rotatable bonds is 4. The summed E-state index contributed by atoms with van der Waals surface area (Å²) in [5.41, 5.74) is 0.360. The van der Waals surface area contributed by atoms with Crippen molar-refractivity contribution >= 4 is 16.9 Å². The fraction of sp³-hybridized carbons (Fsp3) is 0.579. The second kappa shape index (κ2) is 7.64. The summed E-state index contributed by atoms with van der Waals surface area (Å²) in [6, 6.07) is 1.85. The quantitative estimate of drug-likeness (QED) is 0.845. The molecule has 0 radical (unpaired) electrons. The molecule has 27 heavy (non-hydrogen) atoms. The van der Waals surface area contributed by atoms with E-state index in [0.29, 0.717) is 17.5 Å². The molecule has 1 fully saturated rings. The van der Waals surface area contributed by atoms with E-state index in [1.54, 1.807) is 20.0 Å². The molecule has 0 aliphatic carbocycles. The van der Waals surface area contributed by atoms with Gasteiger partial charge in [-0.25, -0.2) is 9.78 Å². The van der Waals surface area contributed by atoms with Crippen LogP contribution in [0, 0.1) is 6.92 Å². The van der Waals surface area contributed by atoms with E-state index in [-0.39, 0.29) is 28.8 Å². The molecular weight excluding hydrogens is 346 g/mol. The Morgan fingerprint density at radius 3 is 2.56 bits per heavy atom. The SMILES string of the molecule is CCCN(C(=O)c1cc(C)c2c(=O)n(C)c(=O)n(C)c2n1)C1CCNCC1. The van der Waals surface area contributed by atoms with Crippen LogP contribution in [-0.2, 0) is 14.1 Å². The molecule has 1 aliphatic rings. The van der Waals surface area contributed by atoms with Crippen LogP contribution in [-0.4, -0.2) is 50.6 Å². The van der Waals surface area contributed by atoms with Crippen LogP contribution in [0.4, 0.5) is 0 Å². The molecule has 146 valence electrons. The van der Waals surface area contributed by atoms with Crippen molar-refractivity contribution in [3.63, 3.8) is 0 Å². The average molecular weight is 373 g/mol. The summed E-state index contributed by atoms with van der Waals surface area (Å²) in [4.78, 5) is 44.3. The molecule has 8 nitrogen and oxygen atoms in total. The Bertz CT molecular complexity index is 985. The van der Waals surface area contributed by atoms with Gasteiger partial charge in [0.15, 0.2) is 0 Å². The third kappa shape index (κ3) is 3.41. The van der Waals surface area contributed by atoms with Crippen LogP contribution < -0.4 is 16.6 Å². The van der Waals surface area contributed by atoms with E-state index >= 15 is 0 Å². The Kier molecular flexibility index (Phi) is 5.46. The fourth-order valence-electron chi connectivity index (χ4n) is 3.80. The third-order valence-corrected chi connectivity index (χ3v) is 5.30. The number of amides is 1. The second-order valence-corrected chi connectivity index (χ2v) is 7.21. The van der Waals surface area contributed by atoms with Gasteiger partial charge in [-0.2, -0.15) is 0 Å². The molecular formula is C19H27N5O3. The Hall–Kier alpha value is -2.48.